The van der Waals surface area contributed by atoms with E-state index < -0.39 is 5.83 Å². The zero-order valence-corrected chi connectivity index (χ0v) is 22.1. The zero-order chi connectivity index (χ0) is 27.0. The monoisotopic (exact) mass is 528 g/mol. The van der Waals surface area contributed by atoms with Crippen molar-refractivity contribution < 1.29 is 9.18 Å². The van der Waals surface area contributed by atoms with Crippen LogP contribution < -0.4 is 15.9 Å². The second-order valence-electron chi connectivity index (χ2n) is 8.93. The quantitative estimate of drug-likeness (QED) is 0.216. The Morgan fingerprint density at radius 1 is 1.24 bits per heavy atom. The molecule has 0 bridgehead atoms. The van der Waals surface area contributed by atoms with Crippen LogP contribution in [0.5, 0.6) is 0 Å². The molecule has 0 unspecified atom stereocenters. The standard InChI is InChI=1S/C27H25FN8OS/c1-13(2)32-17-10-16(11-30-12-17)23(29-5)22(28)21-14(3)35-36-25(21)27-33-24-18(8-9-31-26(24)34-27)20-7-6-19(38-20)15(4)37/h6-13,32,35H,3H2,1-2,4-5H3,(H,31,33,34)/b22-21-,29-23-. The van der Waals surface area contributed by atoms with Crippen LogP contribution >= 0.6 is 11.3 Å². The first kappa shape index (κ1) is 25.2. The summed E-state index contributed by atoms with van der Waals surface area (Å²) in [6.07, 6.45) is 4.89. The van der Waals surface area contributed by atoms with Crippen LogP contribution in [0.4, 0.5) is 10.1 Å². The summed E-state index contributed by atoms with van der Waals surface area (Å²) in [7, 11) is 1.52. The number of ketones is 1. The Labute approximate surface area is 221 Å². The fraction of sp³-hybridized carbons (Fsp3) is 0.185. The van der Waals surface area contributed by atoms with E-state index in [9.17, 15) is 4.79 Å². The first-order chi connectivity index (χ1) is 18.3. The maximum atomic E-state index is 16.1. The predicted molar refractivity (Wildman–Crippen MR) is 150 cm³/mol. The Morgan fingerprint density at radius 2 is 2.05 bits per heavy atom. The highest BCUT2D eigenvalue weighted by Gasteiger charge is 2.20. The van der Waals surface area contributed by atoms with E-state index in [0.29, 0.717) is 27.4 Å². The van der Waals surface area contributed by atoms with Crippen LogP contribution in [0.3, 0.4) is 0 Å². The Morgan fingerprint density at radius 3 is 2.76 bits per heavy atom. The van der Waals surface area contributed by atoms with Crippen molar-refractivity contribution >= 4 is 52.1 Å². The minimum absolute atomic E-state index is 0.00136. The van der Waals surface area contributed by atoms with Crippen molar-refractivity contribution in [3.05, 3.63) is 63.9 Å². The summed E-state index contributed by atoms with van der Waals surface area (Å²) in [6, 6.07) is 7.49. The lowest BCUT2D eigenvalue weighted by atomic mass is 10.1. The van der Waals surface area contributed by atoms with Crippen molar-refractivity contribution in [2.75, 3.05) is 12.4 Å². The van der Waals surface area contributed by atoms with E-state index in [1.165, 1.54) is 25.3 Å². The summed E-state index contributed by atoms with van der Waals surface area (Å²) >= 11 is 1.38. The molecule has 5 rings (SSSR count). The molecule has 0 aliphatic rings. The van der Waals surface area contributed by atoms with Gasteiger partial charge < -0.3 is 10.3 Å². The smallest absolute Gasteiger partial charge is 0.169 e. The number of thiophene rings is 1. The number of hydrogen-bond donors (Lipinski definition) is 3. The van der Waals surface area contributed by atoms with Crippen LogP contribution in [0.1, 0.15) is 36.0 Å². The molecule has 0 aliphatic carbocycles. The number of H-pyrrole nitrogens is 2. The lowest BCUT2D eigenvalue weighted by Crippen LogP contribution is -2.27. The number of aromatic amines is 2. The summed E-state index contributed by atoms with van der Waals surface area (Å²) in [5.41, 5.74) is 3.53. The summed E-state index contributed by atoms with van der Waals surface area (Å²) in [4.78, 5) is 34.1. The molecular formula is C27H25FN8OS. The summed E-state index contributed by atoms with van der Waals surface area (Å²) < 4.78 is 16.1. The maximum absolute atomic E-state index is 16.1. The van der Waals surface area contributed by atoms with Crippen molar-refractivity contribution in [2.24, 2.45) is 4.99 Å². The average Bonchev–Trinajstić information content (AvgIpc) is 3.62. The molecule has 5 aromatic heterocycles. The van der Waals surface area contributed by atoms with Gasteiger partial charge in [-0.1, -0.05) is 6.58 Å². The van der Waals surface area contributed by atoms with Crippen LogP contribution in [-0.2, 0) is 0 Å². The first-order valence-corrected chi connectivity index (χ1v) is 12.7. The number of halogens is 1. The number of fused-ring (bicyclic) bond motifs is 1. The van der Waals surface area contributed by atoms with Crippen molar-refractivity contribution in [3.63, 3.8) is 0 Å². The number of Topliss-reactive ketones (excluding diaryl/α,β-unsaturated/α-hetero) is 1. The van der Waals surface area contributed by atoms with Gasteiger partial charge in [-0.25, -0.2) is 14.4 Å². The molecule has 5 heterocycles. The van der Waals surface area contributed by atoms with Gasteiger partial charge >= 0.3 is 0 Å². The van der Waals surface area contributed by atoms with E-state index in [-0.39, 0.29) is 33.8 Å². The summed E-state index contributed by atoms with van der Waals surface area (Å²) in [5, 5.41) is 10.8. The Kier molecular flexibility index (Phi) is 6.68. The third-order valence-electron chi connectivity index (χ3n) is 5.79. The molecule has 0 aromatic carbocycles. The fourth-order valence-electron chi connectivity index (χ4n) is 4.13. The molecule has 0 fully saturated rings. The normalized spacial score (nSPS) is 12.8. The topological polar surface area (TPSA) is 125 Å². The van der Waals surface area contributed by atoms with E-state index in [4.69, 9.17) is 4.98 Å². The largest absolute Gasteiger partial charge is 0.382 e. The molecular weight excluding hydrogens is 503 g/mol. The zero-order valence-electron chi connectivity index (χ0n) is 21.3. The van der Waals surface area contributed by atoms with Crippen LogP contribution in [-0.4, -0.2) is 54.7 Å². The van der Waals surface area contributed by atoms with Gasteiger partial charge in [-0.3, -0.25) is 19.9 Å². The van der Waals surface area contributed by atoms with Gasteiger partial charge in [0.05, 0.1) is 21.1 Å². The molecule has 0 saturated carbocycles. The van der Waals surface area contributed by atoms with Crippen molar-refractivity contribution in [3.8, 4) is 22.0 Å². The number of rotatable bonds is 7. The van der Waals surface area contributed by atoms with E-state index in [1.807, 2.05) is 26.0 Å². The third-order valence-corrected chi connectivity index (χ3v) is 7.01. The van der Waals surface area contributed by atoms with Gasteiger partial charge in [0.2, 0.25) is 0 Å². The maximum Gasteiger partial charge on any atom is 0.169 e. The molecule has 3 N–H and O–H groups in total. The number of hydrogen-bond acceptors (Lipinski definition) is 8. The van der Waals surface area contributed by atoms with Crippen LogP contribution in [0.2, 0.25) is 0 Å². The van der Waals surface area contributed by atoms with Gasteiger partial charge in [0.25, 0.3) is 0 Å². The van der Waals surface area contributed by atoms with Crippen LogP contribution in [0.25, 0.3) is 45.5 Å². The Balaban J connectivity index is 1.64. The third kappa shape index (κ3) is 4.63. The fourth-order valence-corrected chi connectivity index (χ4v) is 5.06. The summed E-state index contributed by atoms with van der Waals surface area (Å²) in [5.74, 6) is -0.287. The molecule has 5 aromatic rings. The predicted octanol–water partition coefficient (Wildman–Crippen LogP) is 4.10. The molecule has 0 atom stereocenters. The van der Waals surface area contributed by atoms with Gasteiger partial charge in [0.15, 0.2) is 23.1 Å². The number of nitrogens with zero attached hydrogens (tertiary/aromatic N) is 5. The van der Waals surface area contributed by atoms with E-state index in [1.54, 1.807) is 30.7 Å². The number of anilines is 1. The molecule has 38 heavy (non-hydrogen) atoms. The second kappa shape index (κ2) is 10.1. The van der Waals surface area contributed by atoms with E-state index >= 15 is 4.39 Å². The summed E-state index contributed by atoms with van der Waals surface area (Å²) in [6.45, 7) is 9.50. The number of aromatic nitrogens is 6. The van der Waals surface area contributed by atoms with Gasteiger partial charge in [-0.2, -0.15) is 5.10 Å². The molecule has 0 radical (unpaired) electrons. The minimum Gasteiger partial charge on any atom is -0.382 e. The van der Waals surface area contributed by atoms with Gasteiger partial charge in [0, 0.05) is 47.7 Å². The molecule has 0 amide bonds. The number of pyridine rings is 2. The highest BCUT2D eigenvalue weighted by molar-refractivity contribution is 7.17. The second-order valence-corrected chi connectivity index (χ2v) is 10.0. The lowest BCUT2D eigenvalue weighted by Gasteiger charge is -2.11. The number of imidazole rings is 1. The van der Waals surface area contributed by atoms with Crippen molar-refractivity contribution in [1.82, 2.24) is 30.1 Å². The minimum atomic E-state index is -0.609. The molecule has 192 valence electrons. The van der Waals surface area contributed by atoms with Gasteiger partial charge in [-0.05, 0) is 45.0 Å². The Hall–Kier alpha value is -4.51. The Bertz CT molecular complexity index is 1810. The molecule has 9 nitrogen and oxygen atoms in total. The highest BCUT2D eigenvalue weighted by Crippen LogP contribution is 2.33. The van der Waals surface area contributed by atoms with Gasteiger partial charge in [0.1, 0.15) is 16.9 Å². The number of carbonyl (C=O) groups is 1. The highest BCUT2D eigenvalue weighted by atomic mass is 32.1. The lowest BCUT2D eigenvalue weighted by molar-refractivity contribution is 0.102. The van der Waals surface area contributed by atoms with Crippen molar-refractivity contribution in [1.29, 1.82) is 0 Å². The SMILES string of the molecule is C=c1[nH]nc(-c2nc3c(-c4ccc(C(C)=O)s4)ccnc3[nH]2)/c1=C(F)/C(=N\C)c1cncc(NC(C)C)c1. The number of nitrogens with one attached hydrogen (secondary N) is 3. The first-order valence-electron chi connectivity index (χ1n) is 11.8. The number of carbonyl (C=O) groups excluding carboxylic acids is 1. The average molecular weight is 529 g/mol. The number of aliphatic imine (C=N–C) groups is 1. The van der Waals surface area contributed by atoms with Crippen molar-refractivity contribution in [2.45, 2.75) is 26.8 Å². The van der Waals surface area contributed by atoms with E-state index in [2.05, 4.69) is 42.0 Å². The molecule has 0 aliphatic heterocycles. The molecule has 0 saturated heterocycles. The van der Waals surface area contributed by atoms with Gasteiger partial charge in [-0.15, -0.1) is 11.3 Å². The van der Waals surface area contributed by atoms with Crippen LogP contribution in [0.15, 0.2) is 47.8 Å². The molecule has 0 spiro atoms. The molecule has 11 heteroatoms. The van der Waals surface area contributed by atoms with E-state index in [0.717, 1.165) is 16.1 Å². The van der Waals surface area contributed by atoms with Crippen LogP contribution in [0, 0.1) is 0 Å².